The van der Waals surface area contributed by atoms with Crippen LogP contribution in [0.25, 0.3) is 0 Å². The zero-order chi connectivity index (χ0) is 22.3. The molecule has 0 heterocycles. The number of benzene rings is 2. The van der Waals surface area contributed by atoms with E-state index in [1.807, 2.05) is 20.8 Å². The van der Waals surface area contributed by atoms with Crippen molar-refractivity contribution in [2.45, 2.75) is 26.8 Å². The van der Waals surface area contributed by atoms with E-state index in [-0.39, 0.29) is 16.5 Å². The van der Waals surface area contributed by atoms with Crippen LogP contribution in [0, 0.1) is 5.92 Å². The van der Waals surface area contributed by atoms with Gasteiger partial charge in [0.05, 0.1) is 23.4 Å². The van der Waals surface area contributed by atoms with Gasteiger partial charge in [-0.05, 0) is 49.2 Å². The van der Waals surface area contributed by atoms with Gasteiger partial charge in [-0.2, -0.15) is 5.10 Å². The first-order valence-electron chi connectivity index (χ1n) is 9.24. The molecule has 0 fully saturated rings. The van der Waals surface area contributed by atoms with Crippen LogP contribution in [0.2, 0.25) is 15.1 Å². The molecule has 0 aliphatic carbocycles. The molecule has 0 bridgehead atoms. The number of hydrogen-bond acceptors (Lipinski definition) is 4. The van der Waals surface area contributed by atoms with E-state index in [0.717, 1.165) is 0 Å². The minimum absolute atomic E-state index is 0.194. The lowest BCUT2D eigenvalue weighted by molar-refractivity contribution is -0.123. The highest BCUT2D eigenvalue weighted by molar-refractivity contribution is 6.36. The summed E-state index contributed by atoms with van der Waals surface area (Å²) in [6.07, 6.45) is 1.43. The first-order chi connectivity index (χ1) is 14.2. The molecule has 0 saturated carbocycles. The van der Waals surface area contributed by atoms with Crippen molar-refractivity contribution in [1.29, 1.82) is 0 Å². The normalized spacial score (nSPS) is 12.1. The summed E-state index contributed by atoms with van der Waals surface area (Å²) in [5.74, 6) is -0.561. The fourth-order valence-corrected chi connectivity index (χ4v) is 3.24. The Morgan fingerprint density at radius 2 is 1.77 bits per heavy atom. The Morgan fingerprint density at radius 3 is 2.40 bits per heavy atom. The SMILES string of the molecule is CCOc1ccc(Cl)cc1C=NNC(=O)C(NC(=O)c1ccc(Cl)cc1Cl)C(C)C. The molecular formula is C21H22Cl3N3O3. The fourth-order valence-electron chi connectivity index (χ4n) is 2.57. The predicted molar refractivity (Wildman–Crippen MR) is 121 cm³/mol. The number of nitrogens with zero attached hydrogens (tertiary/aromatic N) is 1. The van der Waals surface area contributed by atoms with Gasteiger partial charge in [0.2, 0.25) is 0 Å². The number of ether oxygens (including phenoxy) is 1. The summed E-state index contributed by atoms with van der Waals surface area (Å²) >= 11 is 18.0. The molecule has 2 amide bonds. The van der Waals surface area contributed by atoms with Gasteiger partial charge >= 0.3 is 0 Å². The van der Waals surface area contributed by atoms with Crippen molar-refractivity contribution in [3.63, 3.8) is 0 Å². The average Bonchev–Trinajstić information content (AvgIpc) is 2.67. The summed E-state index contributed by atoms with van der Waals surface area (Å²) in [4.78, 5) is 25.2. The van der Waals surface area contributed by atoms with E-state index in [1.165, 1.54) is 18.3 Å². The number of amides is 2. The lowest BCUT2D eigenvalue weighted by atomic mass is 10.0. The highest BCUT2D eigenvalue weighted by Gasteiger charge is 2.25. The number of carbonyl (C=O) groups excluding carboxylic acids is 2. The number of hydrogen-bond donors (Lipinski definition) is 2. The van der Waals surface area contributed by atoms with Gasteiger partial charge in [-0.1, -0.05) is 48.7 Å². The molecule has 2 aromatic carbocycles. The Hall–Kier alpha value is -2.28. The van der Waals surface area contributed by atoms with Gasteiger partial charge in [-0.15, -0.1) is 0 Å². The molecule has 0 spiro atoms. The minimum atomic E-state index is -0.827. The zero-order valence-corrected chi connectivity index (χ0v) is 19.0. The van der Waals surface area contributed by atoms with Crippen molar-refractivity contribution >= 4 is 52.8 Å². The summed E-state index contributed by atoms with van der Waals surface area (Å²) in [6.45, 7) is 5.95. The molecule has 1 unspecified atom stereocenters. The van der Waals surface area contributed by atoms with Crippen LogP contribution in [0.15, 0.2) is 41.5 Å². The second-order valence-corrected chi connectivity index (χ2v) is 7.95. The first kappa shape index (κ1) is 24.0. The molecule has 30 heavy (non-hydrogen) atoms. The summed E-state index contributed by atoms with van der Waals surface area (Å²) < 4.78 is 5.51. The lowest BCUT2D eigenvalue weighted by Crippen LogP contribution is -2.48. The van der Waals surface area contributed by atoms with Gasteiger partial charge in [-0.25, -0.2) is 5.43 Å². The molecule has 0 aliphatic rings. The molecule has 9 heteroatoms. The second kappa shape index (κ2) is 11.2. The van der Waals surface area contributed by atoms with E-state index >= 15 is 0 Å². The smallest absolute Gasteiger partial charge is 0.262 e. The molecule has 0 aromatic heterocycles. The summed E-state index contributed by atoms with van der Waals surface area (Å²) in [5.41, 5.74) is 3.28. The van der Waals surface area contributed by atoms with Gasteiger partial charge in [0.15, 0.2) is 0 Å². The van der Waals surface area contributed by atoms with Crippen molar-refractivity contribution in [2.75, 3.05) is 6.61 Å². The van der Waals surface area contributed by atoms with Crippen LogP contribution in [-0.4, -0.2) is 30.7 Å². The molecule has 1 atom stereocenters. The lowest BCUT2D eigenvalue weighted by Gasteiger charge is -2.20. The van der Waals surface area contributed by atoms with Crippen LogP contribution < -0.4 is 15.5 Å². The topological polar surface area (TPSA) is 79.8 Å². The predicted octanol–water partition coefficient (Wildman–Crippen LogP) is 4.95. The molecule has 2 N–H and O–H groups in total. The Bertz CT molecular complexity index is 948. The Labute approximate surface area is 190 Å². The summed E-state index contributed by atoms with van der Waals surface area (Å²) in [6, 6.07) is 8.80. The van der Waals surface area contributed by atoms with Crippen LogP contribution in [0.5, 0.6) is 5.75 Å². The molecule has 0 saturated heterocycles. The van der Waals surface area contributed by atoms with Crippen molar-refractivity contribution < 1.29 is 14.3 Å². The largest absolute Gasteiger partial charge is 0.493 e. The minimum Gasteiger partial charge on any atom is -0.493 e. The van der Waals surface area contributed by atoms with Crippen molar-refractivity contribution in [2.24, 2.45) is 11.0 Å². The van der Waals surface area contributed by atoms with Crippen LogP contribution in [-0.2, 0) is 4.79 Å². The van der Waals surface area contributed by atoms with Crippen LogP contribution in [0.4, 0.5) is 0 Å². The molecule has 0 radical (unpaired) electrons. The molecular weight excluding hydrogens is 449 g/mol. The monoisotopic (exact) mass is 469 g/mol. The second-order valence-electron chi connectivity index (χ2n) is 6.67. The standard InChI is InChI=1S/C21H22Cl3N3O3/c1-4-30-18-8-6-14(22)9-13(18)11-25-27-21(29)19(12(2)3)26-20(28)16-7-5-15(23)10-17(16)24/h5-12,19H,4H2,1-3H3,(H,26,28)(H,27,29). The average molecular weight is 471 g/mol. The summed E-state index contributed by atoms with van der Waals surface area (Å²) in [5, 5.41) is 7.79. The highest BCUT2D eigenvalue weighted by Crippen LogP contribution is 2.22. The van der Waals surface area contributed by atoms with Crippen molar-refractivity contribution in [3.05, 3.63) is 62.6 Å². The van der Waals surface area contributed by atoms with E-state index in [1.54, 1.807) is 24.3 Å². The van der Waals surface area contributed by atoms with Crippen LogP contribution in [0.1, 0.15) is 36.7 Å². The van der Waals surface area contributed by atoms with Gasteiger partial charge in [0.1, 0.15) is 11.8 Å². The van der Waals surface area contributed by atoms with E-state index in [0.29, 0.717) is 28.0 Å². The number of carbonyl (C=O) groups is 2. The maximum absolute atomic E-state index is 12.6. The fraction of sp³-hybridized carbons (Fsp3) is 0.286. The molecule has 2 aromatic rings. The van der Waals surface area contributed by atoms with E-state index in [4.69, 9.17) is 39.5 Å². The zero-order valence-electron chi connectivity index (χ0n) is 16.7. The summed E-state index contributed by atoms with van der Waals surface area (Å²) in [7, 11) is 0. The maximum atomic E-state index is 12.6. The highest BCUT2D eigenvalue weighted by atomic mass is 35.5. The first-order valence-corrected chi connectivity index (χ1v) is 10.4. The number of nitrogens with one attached hydrogen (secondary N) is 2. The third kappa shape index (κ3) is 6.62. The van der Waals surface area contributed by atoms with Crippen molar-refractivity contribution in [3.8, 4) is 5.75 Å². The third-order valence-corrected chi connectivity index (χ3v) is 4.84. The van der Waals surface area contributed by atoms with E-state index < -0.39 is 17.9 Å². The van der Waals surface area contributed by atoms with Gasteiger partial charge < -0.3 is 10.1 Å². The molecule has 6 nitrogen and oxygen atoms in total. The molecule has 160 valence electrons. The number of hydrazone groups is 1. The van der Waals surface area contributed by atoms with Gasteiger partial charge in [0, 0.05) is 15.6 Å². The molecule has 2 rings (SSSR count). The Morgan fingerprint density at radius 1 is 1.10 bits per heavy atom. The third-order valence-electron chi connectivity index (χ3n) is 4.06. The van der Waals surface area contributed by atoms with Gasteiger partial charge in [0.25, 0.3) is 11.8 Å². The van der Waals surface area contributed by atoms with Crippen LogP contribution in [0.3, 0.4) is 0 Å². The van der Waals surface area contributed by atoms with Crippen LogP contribution >= 0.6 is 34.8 Å². The Kier molecular flexibility index (Phi) is 8.96. The van der Waals surface area contributed by atoms with E-state index in [9.17, 15) is 9.59 Å². The van der Waals surface area contributed by atoms with Crippen molar-refractivity contribution in [1.82, 2.24) is 10.7 Å². The number of rotatable bonds is 8. The number of halogens is 3. The molecule has 0 aliphatic heterocycles. The Balaban J connectivity index is 2.10. The van der Waals surface area contributed by atoms with E-state index in [2.05, 4.69) is 15.8 Å². The maximum Gasteiger partial charge on any atom is 0.262 e. The van der Waals surface area contributed by atoms with Gasteiger partial charge in [-0.3, -0.25) is 9.59 Å². The quantitative estimate of drug-likeness (QED) is 0.423.